The number of phenolic OH excluding ortho intramolecular Hbond substituents is 3. The first-order valence-electron chi connectivity index (χ1n) is 16.4. The number of aliphatic hydroxyl groups excluding tert-OH is 8. The van der Waals surface area contributed by atoms with Crippen molar-refractivity contribution in [2.24, 2.45) is 0 Å². The van der Waals surface area contributed by atoms with Crippen LogP contribution in [0.4, 0.5) is 0 Å². The number of rotatable bonds is 11. The molecule has 4 heterocycles. The number of hydrogen-bond donors (Lipinski definition) is 12. The van der Waals surface area contributed by atoms with Crippen molar-refractivity contribution in [1.29, 1.82) is 0 Å². The highest BCUT2D eigenvalue weighted by molar-refractivity contribution is 5.88. The van der Waals surface area contributed by atoms with E-state index < -0.39 is 145 Å². The van der Waals surface area contributed by atoms with Crippen LogP contribution in [0.2, 0.25) is 0 Å². The standard InChI is InChI=1S/C33H40O21/c1-47-12-5-15(38)19-16(6-12)50-26(11-2-3-13(36)14(37)4-11)27(22(19)41)53-31-28(24(43)21(40)18(8-35)52-31)54-32-29(45)33(46,10-49-32)9-48-30-25(44)23(42)20(39)17(7-34)51-30/h2-6,17-18,20-21,23-25,28-32,34-40,42-46H,7-10H2,1H3. The molecular weight excluding hydrogens is 732 g/mol. The second-order valence-electron chi connectivity index (χ2n) is 13.0. The predicted octanol–water partition coefficient (Wildman–Crippen LogP) is -3.95. The van der Waals surface area contributed by atoms with Crippen LogP contribution in [-0.4, -0.2) is 174 Å². The van der Waals surface area contributed by atoms with E-state index >= 15 is 0 Å². The van der Waals surface area contributed by atoms with Crippen LogP contribution in [0.25, 0.3) is 22.3 Å². The molecule has 3 fully saturated rings. The van der Waals surface area contributed by atoms with Crippen LogP contribution in [-0.2, 0) is 23.7 Å². The van der Waals surface area contributed by atoms with E-state index in [2.05, 4.69) is 0 Å². The first-order chi connectivity index (χ1) is 25.6. The highest BCUT2D eigenvalue weighted by Gasteiger charge is 2.55. The smallest absolute Gasteiger partial charge is 0.239 e. The fourth-order valence-corrected chi connectivity index (χ4v) is 6.23. The van der Waals surface area contributed by atoms with Gasteiger partial charge in [-0.3, -0.25) is 4.79 Å². The molecule has 3 aliphatic heterocycles. The molecule has 0 bridgehead atoms. The van der Waals surface area contributed by atoms with Crippen LogP contribution in [0.3, 0.4) is 0 Å². The average molecular weight is 773 g/mol. The molecule has 3 saturated heterocycles. The van der Waals surface area contributed by atoms with Gasteiger partial charge in [0, 0.05) is 17.7 Å². The lowest BCUT2D eigenvalue weighted by atomic mass is 9.97. The first kappa shape index (κ1) is 39.8. The van der Waals surface area contributed by atoms with E-state index in [-0.39, 0.29) is 16.9 Å². The molecule has 54 heavy (non-hydrogen) atoms. The van der Waals surface area contributed by atoms with E-state index in [1.807, 2.05) is 0 Å². The lowest BCUT2D eigenvalue weighted by Crippen LogP contribution is -2.62. The molecule has 0 amide bonds. The molecule has 1 aromatic heterocycles. The van der Waals surface area contributed by atoms with Gasteiger partial charge >= 0.3 is 0 Å². The molecule has 21 heteroatoms. The van der Waals surface area contributed by atoms with Gasteiger partial charge in [-0.1, -0.05) is 0 Å². The third kappa shape index (κ3) is 7.27. The number of fused-ring (bicyclic) bond motifs is 1. The number of benzene rings is 2. The lowest BCUT2D eigenvalue weighted by Gasteiger charge is -2.42. The Hall–Kier alpha value is -3.91. The topological polar surface area (TPSA) is 338 Å². The van der Waals surface area contributed by atoms with Crippen LogP contribution in [0.1, 0.15) is 0 Å². The zero-order valence-corrected chi connectivity index (χ0v) is 28.2. The van der Waals surface area contributed by atoms with E-state index in [9.17, 15) is 66.1 Å². The van der Waals surface area contributed by atoms with E-state index in [1.165, 1.54) is 19.2 Å². The van der Waals surface area contributed by atoms with Crippen molar-refractivity contribution in [1.82, 2.24) is 0 Å². The van der Waals surface area contributed by atoms with Gasteiger partial charge in [-0.25, -0.2) is 0 Å². The second-order valence-corrected chi connectivity index (χ2v) is 13.0. The quantitative estimate of drug-likeness (QED) is 0.0828. The fraction of sp³-hybridized carbons (Fsp3) is 0.545. The number of aromatic hydroxyl groups is 3. The Balaban J connectivity index is 1.30. The van der Waals surface area contributed by atoms with Crippen molar-refractivity contribution in [2.45, 2.75) is 79.4 Å². The summed E-state index contributed by atoms with van der Waals surface area (Å²) in [5.41, 5.74) is -3.61. The minimum Gasteiger partial charge on any atom is -0.507 e. The number of ether oxygens (including phenoxy) is 7. The maximum absolute atomic E-state index is 14.0. The molecule has 6 rings (SSSR count). The highest BCUT2D eigenvalue weighted by atomic mass is 16.8. The van der Waals surface area contributed by atoms with Gasteiger partial charge in [-0.05, 0) is 18.2 Å². The van der Waals surface area contributed by atoms with Crippen molar-refractivity contribution in [3.8, 4) is 40.1 Å². The predicted molar refractivity (Wildman–Crippen MR) is 173 cm³/mol. The van der Waals surface area contributed by atoms with Crippen molar-refractivity contribution < 1.29 is 98.9 Å². The molecule has 3 aliphatic rings. The van der Waals surface area contributed by atoms with Gasteiger partial charge in [-0.15, -0.1) is 0 Å². The van der Waals surface area contributed by atoms with Crippen molar-refractivity contribution in [3.63, 3.8) is 0 Å². The minimum atomic E-state index is -2.32. The molecule has 13 unspecified atom stereocenters. The SMILES string of the molecule is COc1cc(O)c2c(=O)c(OC3OC(CO)C(O)C(O)C3OC3OCC(O)(COC4OC(CO)C(O)C(O)C4O)C3O)c(-c3ccc(O)c(O)c3)oc2c1. The summed E-state index contributed by atoms with van der Waals surface area (Å²) in [6, 6.07) is 5.73. The molecule has 0 aliphatic carbocycles. The maximum Gasteiger partial charge on any atom is 0.239 e. The van der Waals surface area contributed by atoms with Crippen LogP contribution >= 0.6 is 0 Å². The Morgan fingerprint density at radius 3 is 2.11 bits per heavy atom. The van der Waals surface area contributed by atoms with Gasteiger partial charge < -0.3 is 98.9 Å². The van der Waals surface area contributed by atoms with Crippen LogP contribution in [0.5, 0.6) is 28.7 Å². The molecule has 298 valence electrons. The second kappa shape index (κ2) is 15.7. The minimum absolute atomic E-state index is 0.0480. The summed E-state index contributed by atoms with van der Waals surface area (Å²) in [7, 11) is 1.30. The van der Waals surface area contributed by atoms with Gasteiger partial charge in [0.1, 0.15) is 76.9 Å². The van der Waals surface area contributed by atoms with E-state index in [0.29, 0.717) is 0 Å². The van der Waals surface area contributed by atoms with Crippen molar-refractivity contribution >= 4 is 11.0 Å². The van der Waals surface area contributed by atoms with Crippen LogP contribution < -0.4 is 14.9 Å². The lowest BCUT2D eigenvalue weighted by molar-refractivity contribution is -0.321. The van der Waals surface area contributed by atoms with Crippen LogP contribution in [0, 0.1) is 0 Å². The van der Waals surface area contributed by atoms with Gasteiger partial charge in [0.2, 0.25) is 17.5 Å². The third-order valence-corrected chi connectivity index (χ3v) is 9.38. The molecule has 0 radical (unpaired) electrons. The third-order valence-electron chi connectivity index (χ3n) is 9.38. The summed E-state index contributed by atoms with van der Waals surface area (Å²) in [6.45, 7) is -3.19. The number of methoxy groups -OCH3 is 1. The molecule has 0 saturated carbocycles. The first-order valence-corrected chi connectivity index (χ1v) is 16.4. The molecule has 21 nitrogen and oxygen atoms in total. The summed E-state index contributed by atoms with van der Waals surface area (Å²) < 4.78 is 44.6. The van der Waals surface area contributed by atoms with Crippen molar-refractivity contribution in [3.05, 3.63) is 40.6 Å². The highest BCUT2D eigenvalue weighted by Crippen LogP contribution is 2.40. The van der Waals surface area contributed by atoms with Gasteiger partial charge in [0.25, 0.3) is 0 Å². The summed E-state index contributed by atoms with van der Waals surface area (Å²) in [5.74, 6) is -2.78. The molecule has 0 spiro atoms. The van der Waals surface area contributed by atoms with Gasteiger partial charge in [0.05, 0.1) is 33.5 Å². The Kier molecular flexibility index (Phi) is 11.5. The molecule has 3 aromatic rings. The monoisotopic (exact) mass is 772 g/mol. The number of phenols is 3. The van der Waals surface area contributed by atoms with Crippen molar-refractivity contribution in [2.75, 3.05) is 33.5 Å². The normalized spacial score (nSPS) is 35.7. The summed E-state index contributed by atoms with van der Waals surface area (Å²) in [5, 5.41) is 124. The Morgan fingerprint density at radius 1 is 0.796 bits per heavy atom. The molecular formula is C33H40O21. The summed E-state index contributed by atoms with van der Waals surface area (Å²) in [6.07, 6.45) is -21.5. The fourth-order valence-electron chi connectivity index (χ4n) is 6.23. The zero-order valence-electron chi connectivity index (χ0n) is 28.2. The van der Waals surface area contributed by atoms with Crippen LogP contribution in [0.15, 0.2) is 39.5 Å². The largest absolute Gasteiger partial charge is 0.507 e. The van der Waals surface area contributed by atoms with E-state index in [4.69, 9.17) is 37.6 Å². The summed E-state index contributed by atoms with van der Waals surface area (Å²) >= 11 is 0. The zero-order chi connectivity index (χ0) is 39.2. The average Bonchev–Trinajstić information content (AvgIpc) is 3.43. The Morgan fingerprint density at radius 2 is 1.46 bits per heavy atom. The van der Waals surface area contributed by atoms with Gasteiger partial charge in [-0.2, -0.15) is 0 Å². The Bertz CT molecular complexity index is 1850. The number of aliphatic hydroxyl groups is 9. The molecule has 2 aromatic carbocycles. The maximum atomic E-state index is 14.0. The number of hydrogen-bond acceptors (Lipinski definition) is 21. The Labute approximate surface area is 303 Å². The van der Waals surface area contributed by atoms with E-state index in [0.717, 1.165) is 18.2 Å². The molecule has 12 N–H and O–H groups in total. The molecule has 13 atom stereocenters. The van der Waals surface area contributed by atoms with E-state index in [1.54, 1.807) is 0 Å². The van der Waals surface area contributed by atoms with Gasteiger partial charge in [0.15, 0.2) is 35.9 Å². The summed E-state index contributed by atoms with van der Waals surface area (Å²) in [4.78, 5) is 14.0.